The van der Waals surface area contributed by atoms with Crippen molar-refractivity contribution >= 4 is 11.8 Å². The highest BCUT2D eigenvalue weighted by atomic mass is 32.2. The van der Waals surface area contributed by atoms with E-state index in [0.29, 0.717) is 5.92 Å². The summed E-state index contributed by atoms with van der Waals surface area (Å²) in [5.74, 6) is 2.69. The fourth-order valence-corrected chi connectivity index (χ4v) is 2.23. The van der Waals surface area contributed by atoms with Crippen molar-refractivity contribution in [3.63, 3.8) is 0 Å². The molecule has 0 amide bonds. The van der Waals surface area contributed by atoms with Gasteiger partial charge in [0, 0.05) is 0 Å². The third-order valence-electron chi connectivity index (χ3n) is 1.68. The van der Waals surface area contributed by atoms with E-state index < -0.39 is 0 Å². The van der Waals surface area contributed by atoms with Crippen LogP contribution < -0.4 is 0 Å². The fraction of sp³-hybridized carbons (Fsp3) is 0.714. The molecule has 11 heavy (non-hydrogen) atoms. The molecule has 0 aromatic heterocycles. The molecule has 4 heteroatoms. The zero-order chi connectivity index (χ0) is 8.10. The van der Waals surface area contributed by atoms with Crippen LogP contribution in [0.25, 0.3) is 0 Å². The van der Waals surface area contributed by atoms with Crippen molar-refractivity contribution < 1.29 is 4.92 Å². The lowest BCUT2D eigenvalue weighted by molar-refractivity contribution is -0.402. The van der Waals surface area contributed by atoms with Gasteiger partial charge in [0.1, 0.15) is 0 Å². The summed E-state index contributed by atoms with van der Waals surface area (Å²) in [4.78, 5) is 9.56. The first-order valence-corrected chi connectivity index (χ1v) is 4.84. The predicted molar refractivity (Wildman–Crippen MR) is 46.2 cm³/mol. The van der Waals surface area contributed by atoms with E-state index in [1.807, 2.05) is 11.8 Å². The van der Waals surface area contributed by atoms with Gasteiger partial charge < -0.3 is 0 Å². The molecule has 3 nitrogen and oxygen atoms in total. The third kappa shape index (κ3) is 3.41. The van der Waals surface area contributed by atoms with Gasteiger partial charge >= 0.3 is 0 Å². The molecule has 1 aliphatic rings. The van der Waals surface area contributed by atoms with Crippen LogP contribution >= 0.6 is 11.8 Å². The van der Waals surface area contributed by atoms with Gasteiger partial charge in [0.05, 0.1) is 4.92 Å². The van der Waals surface area contributed by atoms with Gasteiger partial charge in [-0.1, -0.05) is 0 Å². The average Bonchev–Trinajstić information content (AvgIpc) is 2.03. The summed E-state index contributed by atoms with van der Waals surface area (Å²) < 4.78 is 0. The molecule has 1 atom stereocenters. The number of allylic oxidation sites excluding steroid dienone is 1. The Morgan fingerprint density at radius 3 is 3.00 bits per heavy atom. The summed E-state index contributed by atoms with van der Waals surface area (Å²) in [6, 6.07) is 0. The van der Waals surface area contributed by atoms with Gasteiger partial charge in [-0.15, -0.1) is 0 Å². The molecule has 0 saturated carbocycles. The van der Waals surface area contributed by atoms with Crippen molar-refractivity contribution in [2.45, 2.75) is 12.8 Å². The number of hydrogen-bond acceptors (Lipinski definition) is 3. The Kier molecular flexibility index (Phi) is 3.42. The second kappa shape index (κ2) is 4.38. The van der Waals surface area contributed by atoms with Crippen molar-refractivity contribution in [2.75, 3.05) is 11.5 Å². The molecule has 1 rings (SSSR count). The van der Waals surface area contributed by atoms with Crippen LogP contribution in [-0.2, 0) is 0 Å². The van der Waals surface area contributed by atoms with Crippen LogP contribution in [0.15, 0.2) is 12.3 Å². The third-order valence-corrected chi connectivity index (χ3v) is 2.92. The first-order valence-electron chi connectivity index (χ1n) is 3.68. The average molecular weight is 173 g/mol. The van der Waals surface area contributed by atoms with Crippen LogP contribution in [0.3, 0.4) is 0 Å². The van der Waals surface area contributed by atoms with E-state index in [2.05, 4.69) is 0 Å². The Morgan fingerprint density at radius 1 is 1.64 bits per heavy atom. The number of rotatable bonds is 2. The lowest BCUT2D eigenvalue weighted by Gasteiger charge is -2.16. The molecule has 1 heterocycles. The lowest BCUT2D eigenvalue weighted by atomic mass is 10.1. The van der Waals surface area contributed by atoms with Gasteiger partial charge in [0.25, 0.3) is 0 Å². The Balaban J connectivity index is 2.29. The van der Waals surface area contributed by atoms with E-state index in [-0.39, 0.29) is 4.92 Å². The predicted octanol–water partition coefficient (Wildman–Crippen LogP) is 1.92. The quantitative estimate of drug-likeness (QED) is 0.473. The van der Waals surface area contributed by atoms with Crippen molar-refractivity contribution in [3.8, 4) is 0 Å². The van der Waals surface area contributed by atoms with E-state index in [0.717, 1.165) is 18.4 Å². The van der Waals surface area contributed by atoms with E-state index in [4.69, 9.17) is 0 Å². The molecule has 1 fully saturated rings. The fourth-order valence-electron chi connectivity index (χ4n) is 1.11. The molecule has 1 saturated heterocycles. The summed E-state index contributed by atoms with van der Waals surface area (Å²) in [7, 11) is 0. The largest absolute Gasteiger partial charge is 0.259 e. The molecule has 0 radical (unpaired) electrons. The second-order valence-corrected chi connectivity index (χ2v) is 3.75. The topological polar surface area (TPSA) is 43.1 Å². The van der Waals surface area contributed by atoms with Crippen LogP contribution in [0.4, 0.5) is 0 Å². The molecule has 0 N–H and O–H groups in total. The minimum atomic E-state index is -0.390. The Hall–Kier alpha value is -0.510. The smallest absolute Gasteiger partial charge is 0.230 e. The Labute approximate surface area is 70.0 Å². The van der Waals surface area contributed by atoms with Crippen molar-refractivity contribution in [2.24, 2.45) is 5.92 Å². The van der Waals surface area contributed by atoms with Gasteiger partial charge in [-0.2, -0.15) is 11.8 Å². The highest BCUT2D eigenvalue weighted by molar-refractivity contribution is 7.99. The van der Waals surface area contributed by atoms with Crippen molar-refractivity contribution in [1.29, 1.82) is 0 Å². The molecule has 1 aliphatic heterocycles. The number of nitro groups is 1. The minimum Gasteiger partial charge on any atom is -0.259 e. The van der Waals surface area contributed by atoms with E-state index in [1.165, 1.54) is 12.2 Å². The van der Waals surface area contributed by atoms with E-state index in [9.17, 15) is 10.1 Å². The van der Waals surface area contributed by atoms with Gasteiger partial charge in [-0.05, 0) is 36.3 Å². The van der Waals surface area contributed by atoms with Crippen LogP contribution in [0.1, 0.15) is 12.8 Å². The SMILES string of the molecule is O=[N+]([O-])/C=C/C1CCCSC1. The summed E-state index contributed by atoms with van der Waals surface area (Å²) in [6.45, 7) is 0. The number of thioether (sulfide) groups is 1. The van der Waals surface area contributed by atoms with E-state index in [1.54, 1.807) is 6.08 Å². The highest BCUT2D eigenvalue weighted by Gasteiger charge is 2.11. The van der Waals surface area contributed by atoms with Crippen LogP contribution in [0.2, 0.25) is 0 Å². The standard InChI is InChI=1S/C7H11NO2S/c9-8(10)4-3-7-2-1-5-11-6-7/h3-4,7H,1-2,5-6H2/b4-3+. The molecular weight excluding hydrogens is 162 g/mol. The molecule has 62 valence electrons. The summed E-state index contributed by atoms with van der Waals surface area (Å²) >= 11 is 1.88. The molecule has 0 aliphatic carbocycles. The highest BCUT2D eigenvalue weighted by Crippen LogP contribution is 2.23. The van der Waals surface area contributed by atoms with E-state index >= 15 is 0 Å². The van der Waals surface area contributed by atoms with Crippen molar-refractivity contribution in [1.82, 2.24) is 0 Å². The van der Waals surface area contributed by atoms with Gasteiger partial charge in [-0.3, -0.25) is 10.1 Å². The maximum atomic E-state index is 9.95. The summed E-state index contributed by atoms with van der Waals surface area (Å²) in [5.41, 5.74) is 0. The summed E-state index contributed by atoms with van der Waals surface area (Å²) in [6.07, 6.45) is 5.08. The maximum absolute atomic E-state index is 9.95. The van der Waals surface area contributed by atoms with Gasteiger partial charge in [-0.25, -0.2) is 0 Å². The number of hydrogen-bond donors (Lipinski definition) is 0. The van der Waals surface area contributed by atoms with Crippen molar-refractivity contribution in [3.05, 3.63) is 22.4 Å². The molecule has 0 bridgehead atoms. The molecule has 1 unspecified atom stereocenters. The van der Waals surface area contributed by atoms with Crippen LogP contribution in [0.5, 0.6) is 0 Å². The summed E-state index contributed by atoms with van der Waals surface area (Å²) in [5, 5.41) is 9.95. The minimum absolute atomic E-state index is 0.390. The number of nitrogens with zero attached hydrogens (tertiary/aromatic N) is 1. The molecule has 0 aromatic rings. The molecule has 0 aromatic carbocycles. The normalized spacial score (nSPS) is 25.6. The Morgan fingerprint density at radius 2 is 2.45 bits per heavy atom. The first kappa shape index (κ1) is 8.59. The first-order chi connectivity index (χ1) is 5.29. The second-order valence-electron chi connectivity index (χ2n) is 2.60. The molecular formula is C7H11NO2S. The zero-order valence-corrected chi connectivity index (χ0v) is 7.05. The van der Waals surface area contributed by atoms with Gasteiger partial charge in [0.15, 0.2) is 0 Å². The zero-order valence-electron chi connectivity index (χ0n) is 6.23. The van der Waals surface area contributed by atoms with Crippen LogP contribution in [-0.4, -0.2) is 16.4 Å². The van der Waals surface area contributed by atoms with Crippen LogP contribution in [0, 0.1) is 16.0 Å². The molecule has 0 spiro atoms. The monoisotopic (exact) mass is 173 g/mol. The maximum Gasteiger partial charge on any atom is 0.230 e. The lowest BCUT2D eigenvalue weighted by Crippen LogP contribution is -2.07. The van der Waals surface area contributed by atoms with Gasteiger partial charge in [0.2, 0.25) is 6.20 Å². The Bertz CT molecular complexity index is 164.